The quantitative estimate of drug-likeness (QED) is 0.307. The fourth-order valence-electron chi connectivity index (χ4n) is 5.82. The molecule has 42 heavy (non-hydrogen) atoms. The fourth-order valence-corrected chi connectivity index (χ4v) is 5.82. The molecule has 3 aliphatic carbocycles. The third-order valence-electron chi connectivity index (χ3n) is 8.13. The second-order valence-corrected chi connectivity index (χ2v) is 11.9. The topological polar surface area (TPSA) is 137 Å². The van der Waals surface area contributed by atoms with E-state index >= 15 is 4.39 Å². The Balaban J connectivity index is 1.25. The van der Waals surface area contributed by atoms with Crippen molar-refractivity contribution >= 4 is 17.5 Å². The molecule has 0 spiro atoms. The van der Waals surface area contributed by atoms with Crippen molar-refractivity contribution in [2.45, 2.75) is 83.2 Å². The van der Waals surface area contributed by atoms with Crippen LogP contribution in [0.3, 0.4) is 0 Å². The van der Waals surface area contributed by atoms with Crippen LogP contribution in [-0.4, -0.2) is 63.8 Å². The Labute approximate surface area is 238 Å². The zero-order valence-corrected chi connectivity index (χ0v) is 23.1. The number of halogens is 4. The molecule has 2 amide bonds. The maximum atomic E-state index is 15.2. The summed E-state index contributed by atoms with van der Waals surface area (Å²) in [4.78, 5) is 27.1. The minimum absolute atomic E-state index is 0.0767. The molecule has 6 rings (SSSR count). The number of carbonyl (C=O) groups excluding carboxylic acids is 2. The summed E-state index contributed by atoms with van der Waals surface area (Å²) in [5.74, 6) is -1.80. The van der Waals surface area contributed by atoms with Crippen LogP contribution in [0.5, 0.6) is 0 Å². The molecule has 12 nitrogen and oxygen atoms in total. The van der Waals surface area contributed by atoms with Crippen LogP contribution in [0.2, 0.25) is 0 Å². The zero-order chi connectivity index (χ0) is 29.8. The van der Waals surface area contributed by atoms with Crippen molar-refractivity contribution < 1.29 is 27.2 Å². The Hall–Kier alpha value is -3.85. The van der Waals surface area contributed by atoms with Gasteiger partial charge in [0.05, 0.1) is 6.20 Å². The van der Waals surface area contributed by atoms with E-state index in [1.165, 1.54) is 17.1 Å². The number of tetrazole rings is 1. The fraction of sp³-hybridized carbons (Fsp3) is 0.654. The highest BCUT2D eigenvalue weighted by Gasteiger charge is 2.49. The summed E-state index contributed by atoms with van der Waals surface area (Å²) < 4.78 is 57.9. The van der Waals surface area contributed by atoms with Crippen LogP contribution in [0.1, 0.15) is 80.8 Å². The van der Waals surface area contributed by atoms with Gasteiger partial charge < -0.3 is 10.6 Å². The Morgan fingerprint density at radius 3 is 2.33 bits per heavy atom. The predicted octanol–water partition coefficient (Wildman–Crippen LogP) is 3.52. The molecule has 0 bridgehead atoms. The van der Waals surface area contributed by atoms with Crippen LogP contribution in [0.25, 0.3) is 0 Å². The average Bonchev–Trinajstić information content (AvgIpc) is 3.86. The molecule has 3 aromatic heterocycles. The molecule has 3 fully saturated rings. The van der Waals surface area contributed by atoms with Crippen LogP contribution < -0.4 is 10.6 Å². The first-order valence-electron chi connectivity index (χ1n) is 14.2. The SMILES string of the molecule is CC(C)n1nccc1C(=O)N[C@H](C(=O)Nc1cn(C(c2nnnn2CC(F)(F)F)C2CC2)nc1F)C(C1CC1)C1CC1. The van der Waals surface area contributed by atoms with E-state index in [1.54, 1.807) is 10.7 Å². The minimum Gasteiger partial charge on any atom is -0.339 e. The van der Waals surface area contributed by atoms with Gasteiger partial charge in [-0.2, -0.15) is 22.7 Å². The van der Waals surface area contributed by atoms with Crippen molar-refractivity contribution in [1.82, 2.24) is 45.1 Å². The Kier molecular flexibility index (Phi) is 7.25. The average molecular weight is 593 g/mol. The van der Waals surface area contributed by atoms with Crippen LogP contribution in [0, 0.1) is 29.6 Å². The van der Waals surface area contributed by atoms with Gasteiger partial charge in [0.15, 0.2) is 5.82 Å². The van der Waals surface area contributed by atoms with E-state index in [0.717, 1.165) is 25.7 Å². The second kappa shape index (κ2) is 10.8. The first-order chi connectivity index (χ1) is 20.0. The molecule has 2 atom stereocenters. The van der Waals surface area contributed by atoms with Crippen molar-refractivity contribution in [2.24, 2.45) is 23.7 Å². The van der Waals surface area contributed by atoms with E-state index < -0.39 is 42.6 Å². The maximum absolute atomic E-state index is 15.2. The van der Waals surface area contributed by atoms with E-state index in [1.807, 2.05) is 13.8 Å². The van der Waals surface area contributed by atoms with E-state index in [0.29, 0.717) is 23.2 Å². The van der Waals surface area contributed by atoms with Gasteiger partial charge >= 0.3 is 6.18 Å². The van der Waals surface area contributed by atoms with Gasteiger partial charge in [0.25, 0.3) is 11.9 Å². The van der Waals surface area contributed by atoms with Crippen LogP contribution in [0.4, 0.5) is 23.2 Å². The van der Waals surface area contributed by atoms with Gasteiger partial charge in [-0.1, -0.05) is 0 Å². The highest BCUT2D eigenvalue weighted by Crippen LogP contribution is 2.51. The number of rotatable bonds is 12. The van der Waals surface area contributed by atoms with E-state index in [2.05, 4.69) is 36.4 Å². The van der Waals surface area contributed by atoms with Crippen LogP contribution in [-0.2, 0) is 11.3 Å². The van der Waals surface area contributed by atoms with Gasteiger partial charge in [-0.25, -0.2) is 4.68 Å². The summed E-state index contributed by atoms with van der Waals surface area (Å²) in [5.41, 5.74) is 0.0771. The van der Waals surface area contributed by atoms with Gasteiger partial charge in [0, 0.05) is 12.2 Å². The van der Waals surface area contributed by atoms with Gasteiger partial charge in [0.2, 0.25) is 5.91 Å². The van der Waals surface area contributed by atoms with Gasteiger partial charge in [-0.05, 0) is 92.5 Å². The normalized spacial score (nSPS) is 18.9. The molecule has 3 aliphatic rings. The minimum atomic E-state index is -4.56. The highest BCUT2D eigenvalue weighted by molar-refractivity contribution is 6.00. The molecule has 0 radical (unpaired) electrons. The number of amides is 2. The number of alkyl halides is 3. The second-order valence-electron chi connectivity index (χ2n) is 11.9. The summed E-state index contributed by atoms with van der Waals surface area (Å²) in [6.07, 6.45) is 3.38. The standard InChI is InChI=1S/C26H32F4N10O2/c1-13(2)40-18(9-10-31-40)24(41)33-20(19(14-3-4-14)15-5-6-15)25(42)32-17-11-38(35-22(17)27)21(16-7-8-16)23-34-36-37-39(23)12-26(28,29)30/h9-11,13-16,19-21H,3-8,12H2,1-2H3,(H,32,42)(H,33,41)/t20-,21?/m0/s1. The molecule has 2 N–H and O–H groups in total. The van der Waals surface area contributed by atoms with Gasteiger partial charge in [0.1, 0.15) is 30.0 Å². The Bertz CT molecular complexity index is 1440. The lowest BCUT2D eigenvalue weighted by Gasteiger charge is -2.27. The summed E-state index contributed by atoms with van der Waals surface area (Å²) >= 11 is 0. The summed E-state index contributed by atoms with van der Waals surface area (Å²) in [6, 6.07) is -0.261. The molecule has 0 aliphatic heterocycles. The highest BCUT2D eigenvalue weighted by atomic mass is 19.4. The number of nitrogens with zero attached hydrogens (tertiary/aromatic N) is 8. The molecule has 226 valence electrons. The smallest absolute Gasteiger partial charge is 0.339 e. The number of anilines is 1. The number of aromatic nitrogens is 8. The third kappa shape index (κ3) is 6.02. The van der Waals surface area contributed by atoms with Crippen molar-refractivity contribution in [3.8, 4) is 0 Å². The van der Waals surface area contributed by atoms with Crippen LogP contribution in [0.15, 0.2) is 18.5 Å². The Morgan fingerprint density at radius 1 is 1.07 bits per heavy atom. The van der Waals surface area contributed by atoms with Crippen molar-refractivity contribution in [1.29, 1.82) is 0 Å². The molecule has 1 unspecified atom stereocenters. The van der Waals surface area contributed by atoms with E-state index in [9.17, 15) is 22.8 Å². The molecule has 0 saturated heterocycles. The lowest BCUT2D eigenvalue weighted by atomic mass is 9.88. The molecular weight excluding hydrogens is 560 g/mol. The molecule has 16 heteroatoms. The zero-order valence-electron chi connectivity index (χ0n) is 23.1. The van der Waals surface area contributed by atoms with Crippen LogP contribution >= 0.6 is 0 Å². The first-order valence-corrected chi connectivity index (χ1v) is 14.2. The van der Waals surface area contributed by atoms with Crippen molar-refractivity contribution in [3.05, 3.63) is 35.9 Å². The van der Waals surface area contributed by atoms with Crippen molar-refractivity contribution in [3.63, 3.8) is 0 Å². The molecule has 3 heterocycles. The number of carbonyl (C=O) groups is 2. The van der Waals surface area contributed by atoms with Gasteiger partial charge in [-0.3, -0.25) is 19.0 Å². The Morgan fingerprint density at radius 2 is 1.74 bits per heavy atom. The summed E-state index contributed by atoms with van der Waals surface area (Å²) in [7, 11) is 0. The van der Waals surface area contributed by atoms with E-state index in [-0.39, 0.29) is 41.2 Å². The lowest BCUT2D eigenvalue weighted by molar-refractivity contribution is -0.143. The predicted molar refractivity (Wildman–Crippen MR) is 138 cm³/mol. The third-order valence-corrected chi connectivity index (χ3v) is 8.13. The van der Waals surface area contributed by atoms with Gasteiger partial charge in [-0.15, -0.1) is 10.2 Å². The van der Waals surface area contributed by atoms with E-state index in [4.69, 9.17) is 0 Å². The first kappa shape index (κ1) is 28.3. The molecule has 0 aromatic carbocycles. The monoisotopic (exact) mass is 592 g/mol. The number of hydrogen-bond donors (Lipinski definition) is 2. The number of hydrogen-bond acceptors (Lipinski definition) is 7. The number of nitrogens with one attached hydrogen (secondary N) is 2. The molecular formula is C26H32F4N10O2. The largest absolute Gasteiger partial charge is 0.408 e. The lowest BCUT2D eigenvalue weighted by Crippen LogP contribution is -2.50. The van der Waals surface area contributed by atoms with Crippen molar-refractivity contribution in [2.75, 3.05) is 5.32 Å². The molecule has 3 aromatic rings. The maximum Gasteiger partial charge on any atom is 0.408 e. The summed E-state index contributed by atoms with van der Waals surface area (Å²) in [5, 5.41) is 24.3. The summed E-state index contributed by atoms with van der Waals surface area (Å²) in [6.45, 7) is 2.39. The molecule has 3 saturated carbocycles.